The Kier molecular flexibility index (Phi) is 6.16. The molecule has 0 unspecified atom stereocenters. The van der Waals surface area contributed by atoms with Crippen LogP contribution in [-0.4, -0.2) is 43.8 Å². The molecule has 0 radical (unpaired) electrons. The second-order valence-electron chi connectivity index (χ2n) is 8.65. The summed E-state index contributed by atoms with van der Waals surface area (Å²) in [6.45, 7) is 5.17. The zero-order chi connectivity index (χ0) is 21.1. The minimum atomic E-state index is -0.0928. The number of rotatable bonds is 4. The van der Waals surface area contributed by atoms with Gasteiger partial charge in [0.05, 0.1) is 12.2 Å². The smallest absolute Gasteiger partial charge is 0.287 e. The molecule has 0 aromatic carbocycles. The standard InChI is InChI=1S/C23H31N5O2/c1-16(2)28-20-12-14-27(23(30)18-11-7-8-13-24-18)15-19(20)26-21(28)22(29)25-17-9-5-3-4-6-10-17/h7-8,11,13,16-17H,3-6,9-10,12,14-15H2,1-2H3,(H,25,29). The van der Waals surface area contributed by atoms with Gasteiger partial charge in [-0.2, -0.15) is 0 Å². The maximum Gasteiger partial charge on any atom is 0.287 e. The Morgan fingerprint density at radius 1 is 1.13 bits per heavy atom. The molecule has 1 N–H and O–H groups in total. The number of carbonyl (C=O) groups is 2. The number of imidazole rings is 1. The van der Waals surface area contributed by atoms with Crippen molar-refractivity contribution in [2.45, 2.75) is 77.4 Å². The summed E-state index contributed by atoms with van der Waals surface area (Å²) < 4.78 is 2.06. The Labute approximate surface area is 177 Å². The predicted molar refractivity (Wildman–Crippen MR) is 114 cm³/mol. The van der Waals surface area contributed by atoms with Gasteiger partial charge in [-0.1, -0.05) is 31.7 Å². The van der Waals surface area contributed by atoms with Crippen molar-refractivity contribution in [3.05, 3.63) is 47.3 Å². The molecule has 2 amide bonds. The molecular weight excluding hydrogens is 378 g/mol. The van der Waals surface area contributed by atoms with Crippen LogP contribution in [0.1, 0.15) is 90.9 Å². The van der Waals surface area contributed by atoms with Gasteiger partial charge >= 0.3 is 0 Å². The van der Waals surface area contributed by atoms with Gasteiger partial charge in [-0.15, -0.1) is 0 Å². The number of pyridine rings is 1. The van der Waals surface area contributed by atoms with Crippen molar-refractivity contribution in [3.63, 3.8) is 0 Å². The number of hydrogen-bond donors (Lipinski definition) is 1. The zero-order valence-corrected chi connectivity index (χ0v) is 17.9. The summed E-state index contributed by atoms with van der Waals surface area (Å²) in [6, 6.07) is 5.72. The Balaban J connectivity index is 1.55. The SMILES string of the molecule is CC(C)n1c(C(=O)NC2CCCCCC2)nc2c1CCN(C(=O)c1ccccn1)C2. The quantitative estimate of drug-likeness (QED) is 0.784. The number of fused-ring (bicyclic) bond motifs is 1. The monoisotopic (exact) mass is 409 g/mol. The average Bonchev–Trinajstić information content (AvgIpc) is 2.96. The van der Waals surface area contributed by atoms with Crippen LogP contribution in [0, 0.1) is 0 Å². The molecule has 1 fully saturated rings. The van der Waals surface area contributed by atoms with Gasteiger partial charge in [0.15, 0.2) is 5.82 Å². The van der Waals surface area contributed by atoms with Gasteiger partial charge in [0.2, 0.25) is 0 Å². The molecule has 2 aromatic heterocycles. The fraction of sp³-hybridized carbons (Fsp3) is 0.565. The van der Waals surface area contributed by atoms with E-state index in [2.05, 4.69) is 28.7 Å². The maximum absolute atomic E-state index is 13.1. The van der Waals surface area contributed by atoms with Crippen LogP contribution in [0.3, 0.4) is 0 Å². The Morgan fingerprint density at radius 3 is 2.57 bits per heavy atom. The minimum Gasteiger partial charge on any atom is -0.347 e. The Hall–Kier alpha value is -2.70. The largest absolute Gasteiger partial charge is 0.347 e. The third-order valence-electron chi connectivity index (χ3n) is 6.13. The van der Waals surface area contributed by atoms with Crippen LogP contribution in [0.15, 0.2) is 24.4 Å². The molecule has 0 saturated heterocycles. The second kappa shape index (κ2) is 8.98. The topological polar surface area (TPSA) is 80.1 Å². The lowest BCUT2D eigenvalue weighted by Crippen LogP contribution is -2.37. The lowest BCUT2D eigenvalue weighted by atomic mass is 10.1. The summed E-state index contributed by atoms with van der Waals surface area (Å²) in [5.41, 5.74) is 2.34. The van der Waals surface area contributed by atoms with Gasteiger partial charge in [-0.3, -0.25) is 14.6 Å². The second-order valence-corrected chi connectivity index (χ2v) is 8.65. The molecule has 1 aliphatic carbocycles. The normalized spacial score (nSPS) is 17.5. The molecule has 7 heteroatoms. The van der Waals surface area contributed by atoms with Crippen molar-refractivity contribution in [1.29, 1.82) is 0 Å². The van der Waals surface area contributed by atoms with E-state index in [4.69, 9.17) is 4.98 Å². The van der Waals surface area contributed by atoms with Crippen molar-refractivity contribution in [2.24, 2.45) is 0 Å². The van der Waals surface area contributed by atoms with Gasteiger partial charge in [0.25, 0.3) is 11.8 Å². The van der Waals surface area contributed by atoms with E-state index >= 15 is 0 Å². The number of amides is 2. The van der Waals surface area contributed by atoms with Crippen LogP contribution in [0.2, 0.25) is 0 Å². The zero-order valence-electron chi connectivity index (χ0n) is 17.9. The van der Waals surface area contributed by atoms with Crippen molar-refractivity contribution in [3.8, 4) is 0 Å². The maximum atomic E-state index is 13.1. The molecule has 7 nitrogen and oxygen atoms in total. The number of carbonyl (C=O) groups excluding carboxylic acids is 2. The molecule has 2 aromatic rings. The van der Waals surface area contributed by atoms with Crippen LogP contribution >= 0.6 is 0 Å². The van der Waals surface area contributed by atoms with E-state index in [1.807, 2.05) is 6.07 Å². The Bertz CT molecular complexity index is 898. The first-order valence-electron chi connectivity index (χ1n) is 11.2. The molecule has 4 rings (SSSR count). The van der Waals surface area contributed by atoms with Crippen LogP contribution in [0.25, 0.3) is 0 Å². The predicted octanol–water partition coefficient (Wildman–Crippen LogP) is 3.51. The highest BCUT2D eigenvalue weighted by Crippen LogP contribution is 2.25. The number of hydrogen-bond acceptors (Lipinski definition) is 4. The summed E-state index contributed by atoms with van der Waals surface area (Å²) in [7, 11) is 0. The first kappa shape index (κ1) is 20.6. The first-order valence-corrected chi connectivity index (χ1v) is 11.2. The van der Waals surface area contributed by atoms with Crippen LogP contribution in [0.4, 0.5) is 0 Å². The molecule has 2 aliphatic rings. The van der Waals surface area contributed by atoms with E-state index in [9.17, 15) is 9.59 Å². The average molecular weight is 410 g/mol. The third-order valence-corrected chi connectivity index (χ3v) is 6.13. The lowest BCUT2D eigenvalue weighted by molar-refractivity contribution is 0.0724. The summed E-state index contributed by atoms with van der Waals surface area (Å²) in [5, 5.41) is 3.23. The number of nitrogens with zero attached hydrogens (tertiary/aromatic N) is 4. The molecule has 3 heterocycles. The summed E-state index contributed by atoms with van der Waals surface area (Å²) in [6.07, 6.45) is 9.25. The van der Waals surface area contributed by atoms with Crippen LogP contribution < -0.4 is 5.32 Å². The van der Waals surface area contributed by atoms with Gasteiger partial charge in [-0.05, 0) is 38.8 Å². The van der Waals surface area contributed by atoms with Gasteiger partial charge in [-0.25, -0.2) is 4.98 Å². The van der Waals surface area contributed by atoms with Gasteiger partial charge in [0, 0.05) is 36.9 Å². The highest BCUT2D eigenvalue weighted by molar-refractivity contribution is 5.93. The van der Waals surface area contributed by atoms with Crippen LogP contribution in [-0.2, 0) is 13.0 Å². The molecule has 0 atom stereocenters. The molecule has 0 bridgehead atoms. The van der Waals surface area contributed by atoms with E-state index in [0.29, 0.717) is 31.0 Å². The molecule has 160 valence electrons. The molecule has 30 heavy (non-hydrogen) atoms. The highest BCUT2D eigenvalue weighted by Gasteiger charge is 2.31. The highest BCUT2D eigenvalue weighted by atomic mass is 16.2. The van der Waals surface area contributed by atoms with E-state index in [-0.39, 0.29) is 23.9 Å². The van der Waals surface area contributed by atoms with Crippen molar-refractivity contribution >= 4 is 11.8 Å². The van der Waals surface area contributed by atoms with E-state index < -0.39 is 0 Å². The lowest BCUT2D eigenvalue weighted by Gasteiger charge is -2.27. The van der Waals surface area contributed by atoms with Crippen molar-refractivity contribution in [2.75, 3.05) is 6.54 Å². The van der Waals surface area contributed by atoms with Crippen molar-refractivity contribution < 1.29 is 9.59 Å². The van der Waals surface area contributed by atoms with Gasteiger partial charge < -0.3 is 14.8 Å². The van der Waals surface area contributed by atoms with E-state index in [1.165, 1.54) is 25.7 Å². The fourth-order valence-electron chi connectivity index (χ4n) is 4.62. The number of nitrogens with one attached hydrogen (secondary N) is 1. The van der Waals surface area contributed by atoms with Crippen LogP contribution in [0.5, 0.6) is 0 Å². The van der Waals surface area contributed by atoms with Crippen molar-refractivity contribution in [1.82, 2.24) is 24.8 Å². The first-order chi connectivity index (χ1) is 14.5. The molecule has 0 spiro atoms. The summed E-state index contributed by atoms with van der Waals surface area (Å²) in [5.74, 6) is 0.295. The fourth-order valence-corrected chi connectivity index (χ4v) is 4.62. The summed E-state index contributed by atoms with van der Waals surface area (Å²) in [4.78, 5) is 36.6. The molecule has 1 aliphatic heterocycles. The molecular formula is C23H31N5O2. The van der Waals surface area contributed by atoms with E-state index in [0.717, 1.165) is 24.2 Å². The Morgan fingerprint density at radius 2 is 1.90 bits per heavy atom. The van der Waals surface area contributed by atoms with Gasteiger partial charge in [0.1, 0.15) is 5.69 Å². The number of aromatic nitrogens is 3. The van der Waals surface area contributed by atoms with E-state index in [1.54, 1.807) is 23.2 Å². The summed E-state index contributed by atoms with van der Waals surface area (Å²) >= 11 is 0. The third kappa shape index (κ3) is 4.25. The minimum absolute atomic E-state index is 0.0902. The molecule has 1 saturated carbocycles.